The van der Waals surface area contributed by atoms with Crippen molar-refractivity contribution in [2.45, 2.75) is 24.3 Å². The maximum absolute atomic E-state index is 6.73. The number of benzene rings is 6. The van der Waals surface area contributed by atoms with E-state index in [-0.39, 0.29) is 24.3 Å². The molecule has 6 heteroatoms. The minimum Gasteiger partial charge on any atom is -0.467 e. The Morgan fingerprint density at radius 2 is 0.854 bits per heavy atom. The highest BCUT2D eigenvalue weighted by Crippen LogP contribution is 2.44. The van der Waals surface area contributed by atoms with Gasteiger partial charge in [0.2, 0.25) is 11.8 Å². The number of para-hydroxylation sites is 1. The maximum Gasteiger partial charge on any atom is 0.219 e. The van der Waals surface area contributed by atoms with Gasteiger partial charge in [0.1, 0.15) is 12.1 Å². The normalized spacial score (nSPS) is 19.9. The van der Waals surface area contributed by atoms with Gasteiger partial charge >= 0.3 is 0 Å². The molecule has 0 aliphatic carbocycles. The lowest BCUT2D eigenvalue weighted by atomic mass is 9.97. The Morgan fingerprint density at radius 3 is 1.38 bits per heavy atom. The van der Waals surface area contributed by atoms with Crippen LogP contribution in [0.3, 0.4) is 0 Å². The lowest BCUT2D eigenvalue weighted by Crippen LogP contribution is -2.12. The van der Waals surface area contributed by atoms with Crippen LogP contribution in [0.4, 0.5) is 11.4 Å². The smallest absolute Gasteiger partial charge is 0.219 e. The average Bonchev–Trinajstić information content (AvgIpc) is 3.80. The van der Waals surface area contributed by atoms with E-state index in [4.69, 9.17) is 19.5 Å². The molecule has 1 N–H and O–H groups in total. The number of aliphatic imine (C=N–C) groups is 2. The van der Waals surface area contributed by atoms with Gasteiger partial charge in [-0.05, 0) is 52.6 Å². The Hall–Kier alpha value is -5.46. The van der Waals surface area contributed by atoms with Crippen molar-refractivity contribution in [3.8, 4) is 0 Å². The fourth-order valence-electron chi connectivity index (χ4n) is 6.40. The van der Waals surface area contributed by atoms with Crippen LogP contribution in [0.5, 0.6) is 0 Å². The Bertz CT molecular complexity index is 2090. The van der Waals surface area contributed by atoms with E-state index in [2.05, 4.69) is 88.0 Å². The Balaban J connectivity index is 1.16. The van der Waals surface area contributed by atoms with Crippen molar-refractivity contribution >= 4 is 39.1 Å². The third-order valence-electron chi connectivity index (χ3n) is 8.74. The summed E-state index contributed by atoms with van der Waals surface area (Å²) >= 11 is 3.70. The van der Waals surface area contributed by atoms with E-state index < -0.39 is 0 Å². The van der Waals surface area contributed by atoms with Crippen molar-refractivity contribution in [3.63, 3.8) is 0 Å². The lowest BCUT2D eigenvalue weighted by Gasteiger charge is -2.20. The van der Waals surface area contributed by atoms with E-state index in [1.165, 1.54) is 0 Å². The molecule has 0 fully saturated rings. The first-order chi connectivity index (χ1) is 23.7. The molecule has 0 radical (unpaired) electrons. The number of ether oxygens (including phenoxy) is 2. The molecule has 0 spiro atoms. The number of anilines is 2. The molecule has 0 saturated heterocycles. The maximum atomic E-state index is 6.73. The summed E-state index contributed by atoms with van der Waals surface area (Å²) in [4.78, 5) is 10.4. The molecule has 2 heterocycles. The van der Waals surface area contributed by atoms with Crippen LogP contribution in [0.1, 0.15) is 57.7 Å². The zero-order valence-corrected chi connectivity index (χ0v) is 27.6. The summed E-state index contributed by atoms with van der Waals surface area (Å²) < 4.78 is 14.4. The fourth-order valence-corrected chi connectivity index (χ4v) is 6.76. The van der Waals surface area contributed by atoms with Crippen molar-refractivity contribution in [3.05, 3.63) is 202 Å². The van der Waals surface area contributed by atoms with Crippen LogP contribution < -0.4 is 5.32 Å². The van der Waals surface area contributed by atoms with E-state index in [1.54, 1.807) is 0 Å². The topological polar surface area (TPSA) is 55.2 Å². The van der Waals surface area contributed by atoms with Crippen LogP contribution in [-0.4, -0.2) is 11.8 Å². The van der Waals surface area contributed by atoms with Crippen molar-refractivity contribution in [2.24, 2.45) is 9.98 Å². The first-order valence-electron chi connectivity index (χ1n) is 16.1. The van der Waals surface area contributed by atoms with Crippen LogP contribution in [0, 0.1) is 0 Å². The molecule has 8 rings (SSSR count). The molecule has 4 atom stereocenters. The summed E-state index contributed by atoms with van der Waals surface area (Å²) in [6.45, 7) is 0. The van der Waals surface area contributed by atoms with E-state index in [1.807, 2.05) is 97.1 Å². The molecule has 48 heavy (non-hydrogen) atoms. The van der Waals surface area contributed by atoms with Gasteiger partial charge in [0.05, 0.1) is 22.5 Å². The molecule has 2 aliphatic heterocycles. The minimum absolute atomic E-state index is 0.175. The second-order valence-electron chi connectivity index (χ2n) is 11.8. The van der Waals surface area contributed by atoms with Gasteiger partial charge in [-0.2, -0.15) is 0 Å². The van der Waals surface area contributed by atoms with Crippen molar-refractivity contribution in [1.82, 2.24) is 0 Å². The summed E-state index contributed by atoms with van der Waals surface area (Å²) in [5.74, 6) is 1.18. The standard InChI is InChI=1S/C42H32BrN3O2/c43-32-25-26-36(34(27-32)42-46-38(29-17-7-2-8-18-29)40(48-42)31-21-11-4-12-22-31)44-35-24-14-13-23-33(35)41-45-37(28-15-5-1-6-16-28)39(47-41)30-19-9-3-10-20-30/h1-27,37-40,44H/t37-,38-,39-,40-/m1/s1. The van der Waals surface area contributed by atoms with Crippen molar-refractivity contribution in [1.29, 1.82) is 0 Å². The Labute approximate surface area is 288 Å². The van der Waals surface area contributed by atoms with E-state index >= 15 is 0 Å². The number of nitrogens with zero attached hydrogens (tertiary/aromatic N) is 2. The second kappa shape index (κ2) is 13.3. The average molecular weight is 691 g/mol. The van der Waals surface area contributed by atoms with E-state index in [9.17, 15) is 0 Å². The molecular weight excluding hydrogens is 658 g/mol. The van der Waals surface area contributed by atoms with Gasteiger partial charge in [-0.15, -0.1) is 0 Å². The molecule has 234 valence electrons. The summed E-state index contributed by atoms with van der Waals surface area (Å²) in [5.41, 5.74) is 7.86. The minimum atomic E-state index is -0.256. The molecule has 0 amide bonds. The molecule has 0 aromatic heterocycles. The van der Waals surface area contributed by atoms with Gasteiger partial charge in [0.15, 0.2) is 12.2 Å². The lowest BCUT2D eigenvalue weighted by molar-refractivity contribution is 0.197. The first kappa shape index (κ1) is 29.9. The van der Waals surface area contributed by atoms with Gasteiger partial charge in [-0.1, -0.05) is 149 Å². The van der Waals surface area contributed by atoms with Crippen LogP contribution in [0.2, 0.25) is 0 Å². The van der Waals surface area contributed by atoms with Crippen LogP contribution in [-0.2, 0) is 9.47 Å². The van der Waals surface area contributed by atoms with Gasteiger partial charge in [-0.25, -0.2) is 9.98 Å². The first-order valence-corrected chi connectivity index (χ1v) is 16.9. The Kier molecular flexibility index (Phi) is 8.31. The molecule has 6 aromatic rings. The third kappa shape index (κ3) is 6.03. The summed E-state index contributed by atoms with van der Waals surface area (Å²) in [7, 11) is 0. The largest absolute Gasteiger partial charge is 0.467 e. The van der Waals surface area contributed by atoms with E-state index in [0.29, 0.717) is 11.8 Å². The quantitative estimate of drug-likeness (QED) is 0.173. The van der Waals surface area contributed by atoms with Gasteiger partial charge in [0.25, 0.3) is 0 Å². The highest BCUT2D eigenvalue weighted by atomic mass is 79.9. The predicted octanol–water partition coefficient (Wildman–Crippen LogP) is 10.7. The molecule has 0 unspecified atom stereocenters. The predicted molar refractivity (Wildman–Crippen MR) is 196 cm³/mol. The zero-order valence-electron chi connectivity index (χ0n) is 26.0. The zero-order chi connectivity index (χ0) is 32.3. The second-order valence-corrected chi connectivity index (χ2v) is 12.8. The number of rotatable bonds is 8. The van der Waals surface area contributed by atoms with Crippen LogP contribution in [0.15, 0.2) is 178 Å². The van der Waals surface area contributed by atoms with E-state index in [0.717, 1.165) is 49.2 Å². The summed E-state index contributed by atoms with van der Waals surface area (Å²) in [5, 5.41) is 3.70. The van der Waals surface area contributed by atoms with Gasteiger partial charge < -0.3 is 14.8 Å². The van der Waals surface area contributed by atoms with Gasteiger partial charge in [-0.3, -0.25) is 0 Å². The highest BCUT2D eigenvalue weighted by molar-refractivity contribution is 9.10. The molecule has 5 nitrogen and oxygen atoms in total. The Morgan fingerprint density at radius 1 is 0.438 bits per heavy atom. The molecule has 0 saturated carbocycles. The number of hydrogen-bond donors (Lipinski definition) is 1. The molecule has 0 bridgehead atoms. The molecule has 6 aromatic carbocycles. The SMILES string of the molecule is Brc1ccc(Nc2ccccc2C2=N[C@H](c3ccccc3)[C@@H](c3ccccc3)O2)c(C2=N[C@H](c3ccccc3)[C@@H](c3ccccc3)O2)c1. The van der Waals surface area contributed by atoms with Crippen LogP contribution in [0.25, 0.3) is 0 Å². The highest BCUT2D eigenvalue weighted by Gasteiger charge is 2.36. The molecular formula is C42H32BrN3O2. The number of nitrogens with one attached hydrogen (secondary N) is 1. The van der Waals surface area contributed by atoms with Crippen molar-refractivity contribution in [2.75, 3.05) is 5.32 Å². The fraction of sp³-hybridized carbons (Fsp3) is 0.0952. The monoisotopic (exact) mass is 689 g/mol. The summed E-state index contributed by atoms with van der Waals surface area (Å²) in [6, 6.07) is 55.2. The number of hydrogen-bond acceptors (Lipinski definition) is 5. The summed E-state index contributed by atoms with van der Waals surface area (Å²) in [6.07, 6.45) is -0.500. The molecule has 2 aliphatic rings. The van der Waals surface area contributed by atoms with Crippen molar-refractivity contribution < 1.29 is 9.47 Å². The van der Waals surface area contributed by atoms with Gasteiger partial charge in [0, 0.05) is 4.47 Å². The van der Waals surface area contributed by atoms with Crippen LogP contribution >= 0.6 is 15.9 Å². The third-order valence-corrected chi connectivity index (χ3v) is 9.23. The number of halogens is 1.